The molecule has 3 heterocycles. The summed E-state index contributed by atoms with van der Waals surface area (Å²) < 4.78 is 2.19. The van der Waals surface area contributed by atoms with Crippen LogP contribution in [0.15, 0.2) is 85.2 Å². The Hall–Kier alpha value is -3.97. The number of nitrogens with one attached hydrogen (secondary N) is 2. The van der Waals surface area contributed by atoms with Crippen LogP contribution >= 0.6 is 12.2 Å². The van der Waals surface area contributed by atoms with Crippen LogP contribution in [0.5, 0.6) is 0 Å². The zero-order chi connectivity index (χ0) is 25.9. The Balaban J connectivity index is 1.44. The monoisotopic (exact) mass is 509 g/mol. The highest BCUT2D eigenvalue weighted by Gasteiger charge is 2.41. The molecule has 6 nitrogen and oxygen atoms in total. The lowest BCUT2D eigenvalue weighted by Crippen LogP contribution is -2.33. The molecule has 1 aliphatic heterocycles. The summed E-state index contributed by atoms with van der Waals surface area (Å²) in [5, 5.41) is 7.19. The Morgan fingerprint density at radius 2 is 1.78 bits per heavy atom. The Kier molecular flexibility index (Phi) is 7.06. The first-order valence-electron chi connectivity index (χ1n) is 12.5. The molecule has 5 rings (SSSR count). The molecular weight excluding hydrogens is 478 g/mol. The van der Waals surface area contributed by atoms with Gasteiger partial charge in [-0.3, -0.25) is 9.78 Å². The number of thiocarbonyl (C=S) groups is 1. The number of amides is 1. The maximum absolute atomic E-state index is 13.0. The molecule has 1 aliphatic rings. The van der Waals surface area contributed by atoms with E-state index in [1.54, 1.807) is 6.20 Å². The summed E-state index contributed by atoms with van der Waals surface area (Å²) in [6, 6.07) is 24.4. The minimum Gasteiger partial charge on any atom is -0.352 e. The van der Waals surface area contributed by atoms with E-state index < -0.39 is 0 Å². The molecule has 0 bridgehead atoms. The second-order valence-corrected chi connectivity index (χ2v) is 9.96. The second kappa shape index (κ2) is 10.6. The van der Waals surface area contributed by atoms with Gasteiger partial charge in [0.15, 0.2) is 5.11 Å². The van der Waals surface area contributed by atoms with E-state index in [4.69, 9.17) is 12.2 Å². The normalized spacial score (nSPS) is 17.1. The summed E-state index contributed by atoms with van der Waals surface area (Å²) in [4.78, 5) is 19.7. The molecule has 0 aliphatic carbocycles. The molecular formula is C30H31N5OS. The van der Waals surface area contributed by atoms with Crippen LogP contribution < -0.4 is 10.6 Å². The highest BCUT2D eigenvalue weighted by atomic mass is 32.1. The van der Waals surface area contributed by atoms with Crippen LogP contribution in [-0.2, 0) is 4.79 Å². The first-order chi connectivity index (χ1) is 17.9. The number of rotatable bonds is 7. The molecule has 7 heteroatoms. The topological polar surface area (TPSA) is 62.2 Å². The van der Waals surface area contributed by atoms with Crippen molar-refractivity contribution in [3.8, 4) is 5.69 Å². The molecule has 4 aromatic rings. The van der Waals surface area contributed by atoms with Gasteiger partial charge in [0, 0.05) is 42.4 Å². The second-order valence-electron chi connectivity index (χ2n) is 9.58. The quantitative estimate of drug-likeness (QED) is 0.309. The third kappa shape index (κ3) is 5.27. The number of pyridine rings is 1. The standard InChI is InChI=1S/C30H31N5OS/c1-20-10-13-23(14-11-20)34-17-6-8-26(34)29-28(24-7-4-5-16-31-24)33-30(37)35(29)18-15-27(36)32-25-19-21(2)9-12-22(25)3/h4-14,16-17,19,28-29H,15,18H2,1-3H3,(H,32,36)(H,33,37)/t28-,29-/m0/s1. The summed E-state index contributed by atoms with van der Waals surface area (Å²) in [5.41, 5.74) is 7.29. The minimum atomic E-state index is -0.144. The van der Waals surface area contributed by atoms with Crippen molar-refractivity contribution in [3.63, 3.8) is 0 Å². The van der Waals surface area contributed by atoms with Crippen molar-refractivity contribution in [2.24, 2.45) is 0 Å². The highest BCUT2D eigenvalue weighted by molar-refractivity contribution is 7.80. The predicted octanol–water partition coefficient (Wildman–Crippen LogP) is 5.80. The summed E-state index contributed by atoms with van der Waals surface area (Å²) in [6.45, 7) is 6.59. The molecule has 1 fully saturated rings. The van der Waals surface area contributed by atoms with Crippen molar-refractivity contribution < 1.29 is 4.79 Å². The molecule has 2 aromatic heterocycles. The number of anilines is 1. The summed E-state index contributed by atoms with van der Waals surface area (Å²) >= 11 is 5.81. The van der Waals surface area contributed by atoms with Crippen molar-refractivity contribution in [1.29, 1.82) is 0 Å². The molecule has 37 heavy (non-hydrogen) atoms. The Morgan fingerprint density at radius 1 is 1.00 bits per heavy atom. The number of hydrogen-bond donors (Lipinski definition) is 2. The third-order valence-corrected chi connectivity index (χ3v) is 7.19. The summed E-state index contributed by atoms with van der Waals surface area (Å²) in [7, 11) is 0. The molecule has 2 atom stereocenters. The average molecular weight is 510 g/mol. The fourth-order valence-corrected chi connectivity index (χ4v) is 5.18. The van der Waals surface area contributed by atoms with E-state index in [-0.39, 0.29) is 18.0 Å². The van der Waals surface area contributed by atoms with E-state index in [0.717, 1.165) is 33.9 Å². The lowest BCUT2D eigenvalue weighted by molar-refractivity contribution is -0.116. The van der Waals surface area contributed by atoms with Crippen molar-refractivity contribution in [1.82, 2.24) is 19.8 Å². The Labute approximate surface area is 223 Å². The molecule has 2 aromatic carbocycles. The van der Waals surface area contributed by atoms with Gasteiger partial charge in [-0.05, 0) is 86.6 Å². The van der Waals surface area contributed by atoms with Crippen LogP contribution in [0, 0.1) is 20.8 Å². The number of aryl methyl sites for hydroxylation is 3. The van der Waals surface area contributed by atoms with Gasteiger partial charge >= 0.3 is 0 Å². The van der Waals surface area contributed by atoms with Gasteiger partial charge in [0.05, 0.1) is 17.8 Å². The first-order valence-corrected chi connectivity index (χ1v) is 12.9. The van der Waals surface area contributed by atoms with Crippen LogP contribution in [0.3, 0.4) is 0 Å². The Bertz CT molecular complexity index is 1410. The molecule has 0 saturated carbocycles. The third-order valence-electron chi connectivity index (χ3n) is 6.84. The van der Waals surface area contributed by atoms with Crippen LogP contribution in [0.2, 0.25) is 0 Å². The van der Waals surface area contributed by atoms with Gasteiger partial charge in [-0.15, -0.1) is 0 Å². The number of nitrogens with zero attached hydrogens (tertiary/aromatic N) is 3. The number of benzene rings is 2. The molecule has 0 radical (unpaired) electrons. The smallest absolute Gasteiger partial charge is 0.226 e. The molecule has 1 amide bonds. The predicted molar refractivity (Wildman–Crippen MR) is 152 cm³/mol. The molecule has 2 N–H and O–H groups in total. The van der Waals surface area contributed by atoms with E-state index in [1.807, 2.05) is 50.2 Å². The van der Waals surface area contributed by atoms with Gasteiger partial charge in [-0.1, -0.05) is 35.9 Å². The van der Waals surface area contributed by atoms with E-state index in [9.17, 15) is 4.79 Å². The van der Waals surface area contributed by atoms with Crippen molar-refractivity contribution in [3.05, 3.63) is 113 Å². The van der Waals surface area contributed by atoms with Gasteiger partial charge < -0.3 is 20.1 Å². The zero-order valence-electron chi connectivity index (χ0n) is 21.3. The zero-order valence-corrected chi connectivity index (χ0v) is 22.1. The van der Waals surface area contributed by atoms with E-state index in [1.165, 1.54) is 5.56 Å². The fourth-order valence-electron chi connectivity index (χ4n) is 4.85. The summed E-state index contributed by atoms with van der Waals surface area (Å²) in [5.74, 6) is -0.0366. The SMILES string of the molecule is Cc1ccc(-n2cccc2[C@H]2[C@H](c3ccccn3)NC(=S)N2CCC(=O)Nc2cc(C)ccc2C)cc1. The van der Waals surface area contributed by atoms with Crippen molar-refractivity contribution in [2.75, 3.05) is 11.9 Å². The molecule has 1 saturated heterocycles. The minimum absolute atomic E-state index is 0.0366. The lowest BCUT2D eigenvalue weighted by atomic mass is 10.0. The lowest BCUT2D eigenvalue weighted by Gasteiger charge is -2.29. The van der Waals surface area contributed by atoms with E-state index in [0.29, 0.717) is 18.1 Å². The number of carbonyl (C=O) groups is 1. The van der Waals surface area contributed by atoms with Gasteiger partial charge in [0.1, 0.15) is 0 Å². The highest BCUT2D eigenvalue weighted by Crippen LogP contribution is 2.39. The first kappa shape index (κ1) is 24.7. The van der Waals surface area contributed by atoms with E-state index >= 15 is 0 Å². The molecule has 0 unspecified atom stereocenters. The molecule has 188 valence electrons. The fraction of sp³-hybridized carbons (Fsp3) is 0.233. The van der Waals surface area contributed by atoms with Crippen LogP contribution in [0.25, 0.3) is 5.69 Å². The largest absolute Gasteiger partial charge is 0.352 e. The van der Waals surface area contributed by atoms with Crippen LogP contribution in [-0.4, -0.2) is 32.0 Å². The number of carbonyl (C=O) groups excluding carboxylic acids is 1. The van der Waals surface area contributed by atoms with Crippen LogP contribution in [0.1, 0.15) is 46.6 Å². The molecule has 0 spiro atoms. The van der Waals surface area contributed by atoms with Gasteiger partial charge in [-0.2, -0.15) is 0 Å². The van der Waals surface area contributed by atoms with Gasteiger partial charge in [-0.25, -0.2) is 0 Å². The maximum Gasteiger partial charge on any atom is 0.226 e. The van der Waals surface area contributed by atoms with Gasteiger partial charge in [0.2, 0.25) is 5.91 Å². The van der Waals surface area contributed by atoms with Crippen molar-refractivity contribution in [2.45, 2.75) is 39.3 Å². The number of hydrogen-bond acceptors (Lipinski definition) is 3. The van der Waals surface area contributed by atoms with E-state index in [2.05, 4.69) is 74.6 Å². The average Bonchev–Trinajstić information content (AvgIpc) is 3.50. The Morgan fingerprint density at radius 3 is 2.54 bits per heavy atom. The van der Waals surface area contributed by atoms with Crippen molar-refractivity contribution >= 4 is 28.9 Å². The number of aromatic nitrogens is 2. The van der Waals surface area contributed by atoms with Gasteiger partial charge in [0.25, 0.3) is 0 Å². The maximum atomic E-state index is 13.0. The summed E-state index contributed by atoms with van der Waals surface area (Å²) in [6.07, 6.45) is 4.19. The van der Waals surface area contributed by atoms with Crippen LogP contribution in [0.4, 0.5) is 5.69 Å².